The number of benzene rings is 1. The van der Waals surface area contributed by atoms with Crippen LogP contribution >= 0.6 is 0 Å². The van der Waals surface area contributed by atoms with E-state index < -0.39 is 17.6 Å². The molecule has 1 rings (SSSR count). The number of nitriles is 1. The van der Waals surface area contributed by atoms with E-state index in [9.17, 15) is 13.6 Å². The number of hydrogen-bond acceptors (Lipinski definition) is 3. The Hall–Kier alpha value is -2.00. The second kappa shape index (κ2) is 5.19. The van der Waals surface area contributed by atoms with E-state index in [1.165, 1.54) is 0 Å². The topological polar surface area (TPSA) is 73.1 Å². The number of nitrogens with zero attached hydrogens (tertiary/aromatic N) is 1. The Labute approximate surface area is 90.1 Å². The van der Waals surface area contributed by atoms with Crippen molar-refractivity contribution in [3.8, 4) is 6.07 Å². The zero-order valence-electron chi connectivity index (χ0n) is 8.13. The van der Waals surface area contributed by atoms with Crippen molar-refractivity contribution in [3.05, 3.63) is 34.9 Å². The fourth-order valence-electron chi connectivity index (χ4n) is 1.13. The molecule has 0 heterocycles. The maximum Gasteiger partial charge on any atom is 0.317 e. The molecule has 1 aromatic carbocycles. The van der Waals surface area contributed by atoms with Crippen LogP contribution < -0.4 is 5.32 Å². The summed E-state index contributed by atoms with van der Waals surface area (Å²) in [7, 11) is 0. The number of rotatable bonds is 4. The van der Waals surface area contributed by atoms with Gasteiger partial charge in [0.2, 0.25) is 0 Å². The third kappa shape index (κ3) is 3.00. The Morgan fingerprint density at radius 1 is 1.44 bits per heavy atom. The van der Waals surface area contributed by atoms with Crippen LogP contribution in [0.4, 0.5) is 8.78 Å². The standard InChI is InChI=1S/C10H8F2N2O2/c11-8-1-6(3-13)2-9(12)7(8)4-14-5-10(15)16/h1-2,14H,4-5H2,(H,15,16). The maximum atomic E-state index is 13.2. The molecule has 0 aliphatic rings. The van der Waals surface area contributed by atoms with E-state index in [1.54, 1.807) is 6.07 Å². The Morgan fingerprint density at radius 3 is 2.44 bits per heavy atom. The third-order valence-electron chi connectivity index (χ3n) is 1.85. The van der Waals surface area contributed by atoms with Crippen LogP contribution in [0.2, 0.25) is 0 Å². The normalized spacial score (nSPS) is 9.81. The number of nitrogens with one attached hydrogen (secondary N) is 1. The number of carboxylic acids is 1. The molecular formula is C10H8F2N2O2. The molecule has 0 aromatic heterocycles. The van der Waals surface area contributed by atoms with E-state index in [0.717, 1.165) is 12.1 Å². The highest BCUT2D eigenvalue weighted by atomic mass is 19.1. The van der Waals surface area contributed by atoms with Gasteiger partial charge in [-0.05, 0) is 12.1 Å². The van der Waals surface area contributed by atoms with Gasteiger partial charge in [-0.15, -0.1) is 0 Å². The Kier molecular flexibility index (Phi) is 3.91. The summed E-state index contributed by atoms with van der Waals surface area (Å²) in [4.78, 5) is 10.2. The van der Waals surface area contributed by atoms with Crippen LogP contribution in [0.15, 0.2) is 12.1 Å². The minimum Gasteiger partial charge on any atom is -0.480 e. The summed E-state index contributed by atoms with van der Waals surface area (Å²) in [6, 6.07) is 3.42. The molecule has 16 heavy (non-hydrogen) atoms. The average molecular weight is 226 g/mol. The molecule has 0 aliphatic carbocycles. The lowest BCUT2D eigenvalue weighted by Crippen LogP contribution is -2.23. The van der Waals surface area contributed by atoms with Crippen molar-refractivity contribution in [1.29, 1.82) is 5.26 Å². The average Bonchev–Trinajstić information content (AvgIpc) is 2.21. The molecule has 84 valence electrons. The zero-order chi connectivity index (χ0) is 12.1. The molecule has 0 saturated carbocycles. The van der Waals surface area contributed by atoms with Crippen molar-refractivity contribution < 1.29 is 18.7 Å². The molecule has 4 nitrogen and oxygen atoms in total. The molecule has 0 spiro atoms. The van der Waals surface area contributed by atoms with Crippen molar-refractivity contribution >= 4 is 5.97 Å². The predicted molar refractivity (Wildman–Crippen MR) is 50.4 cm³/mol. The summed E-state index contributed by atoms with van der Waals surface area (Å²) < 4.78 is 26.5. The van der Waals surface area contributed by atoms with E-state index in [1.807, 2.05) is 0 Å². The van der Waals surface area contributed by atoms with Crippen LogP contribution in [0.25, 0.3) is 0 Å². The van der Waals surface area contributed by atoms with Gasteiger partial charge in [-0.1, -0.05) is 0 Å². The van der Waals surface area contributed by atoms with Gasteiger partial charge in [-0.3, -0.25) is 4.79 Å². The number of halogens is 2. The summed E-state index contributed by atoms with van der Waals surface area (Å²) >= 11 is 0. The molecule has 6 heteroatoms. The Morgan fingerprint density at radius 2 is 2.00 bits per heavy atom. The first-order valence-corrected chi connectivity index (χ1v) is 4.35. The van der Waals surface area contributed by atoms with Crippen LogP contribution in [0.5, 0.6) is 0 Å². The molecule has 0 radical (unpaired) electrons. The minimum atomic E-state index is -1.12. The molecule has 0 amide bonds. The van der Waals surface area contributed by atoms with Gasteiger partial charge in [0, 0.05) is 12.1 Å². The van der Waals surface area contributed by atoms with E-state index >= 15 is 0 Å². The first-order chi connectivity index (χ1) is 7.54. The maximum absolute atomic E-state index is 13.2. The number of carboxylic acid groups (broad SMARTS) is 1. The van der Waals surface area contributed by atoms with E-state index in [0.29, 0.717) is 0 Å². The van der Waals surface area contributed by atoms with Gasteiger partial charge in [0.1, 0.15) is 11.6 Å². The molecule has 0 aliphatic heterocycles. The van der Waals surface area contributed by atoms with Crippen LogP contribution in [-0.2, 0) is 11.3 Å². The SMILES string of the molecule is N#Cc1cc(F)c(CNCC(=O)O)c(F)c1. The lowest BCUT2D eigenvalue weighted by molar-refractivity contribution is -0.136. The molecule has 2 N–H and O–H groups in total. The van der Waals surface area contributed by atoms with Gasteiger partial charge in [0.05, 0.1) is 18.2 Å². The predicted octanol–water partition coefficient (Wildman–Crippen LogP) is 1.01. The molecule has 0 unspecified atom stereocenters. The summed E-state index contributed by atoms with van der Waals surface area (Å²) in [5, 5.41) is 19.1. The number of hydrogen-bond donors (Lipinski definition) is 2. The first kappa shape index (κ1) is 12.1. The highest BCUT2D eigenvalue weighted by Gasteiger charge is 2.11. The lowest BCUT2D eigenvalue weighted by Gasteiger charge is -2.05. The van der Waals surface area contributed by atoms with Crippen molar-refractivity contribution in [3.63, 3.8) is 0 Å². The van der Waals surface area contributed by atoms with Crippen LogP contribution in [0.3, 0.4) is 0 Å². The Bertz CT molecular complexity index is 432. The molecule has 0 bridgehead atoms. The van der Waals surface area contributed by atoms with Gasteiger partial charge >= 0.3 is 5.97 Å². The molecule has 0 saturated heterocycles. The van der Waals surface area contributed by atoms with Gasteiger partial charge in [0.15, 0.2) is 0 Å². The van der Waals surface area contributed by atoms with Crippen LogP contribution in [0.1, 0.15) is 11.1 Å². The van der Waals surface area contributed by atoms with Gasteiger partial charge in [-0.2, -0.15) is 5.26 Å². The van der Waals surface area contributed by atoms with E-state index in [2.05, 4.69) is 5.32 Å². The molecule has 0 fully saturated rings. The van der Waals surface area contributed by atoms with Crippen molar-refractivity contribution in [2.24, 2.45) is 0 Å². The van der Waals surface area contributed by atoms with Gasteiger partial charge in [-0.25, -0.2) is 8.78 Å². The second-order valence-corrected chi connectivity index (χ2v) is 3.03. The fourth-order valence-corrected chi connectivity index (χ4v) is 1.13. The van der Waals surface area contributed by atoms with Crippen molar-refractivity contribution in [2.75, 3.05) is 6.54 Å². The van der Waals surface area contributed by atoms with Gasteiger partial charge in [0.25, 0.3) is 0 Å². The van der Waals surface area contributed by atoms with E-state index in [4.69, 9.17) is 10.4 Å². The van der Waals surface area contributed by atoms with Gasteiger partial charge < -0.3 is 10.4 Å². The van der Waals surface area contributed by atoms with Crippen molar-refractivity contribution in [1.82, 2.24) is 5.32 Å². The van der Waals surface area contributed by atoms with E-state index in [-0.39, 0.29) is 24.2 Å². The lowest BCUT2D eigenvalue weighted by atomic mass is 10.1. The smallest absolute Gasteiger partial charge is 0.317 e. The summed E-state index contributed by atoms with van der Waals surface area (Å²) in [5.41, 5.74) is -0.391. The van der Waals surface area contributed by atoms with Crippen LogP contribution in [-0.4, -0.2) is 17.6 Å². The Balaban J connectivity index is 2.81. The monoisotopic (exact) mass is 226 g/mol. The summed E-state index contributed by atoms with van der Waals surface area (Å²) in [5.74, 6) is -2.85. The number of carbonyl (C=O) groups is 1. The molecule has 0 atom stereocenters. The first-order valence-electron chi connectivity index (χ1n) is 4.35. The number of aliphatic carboxylic acids is 1. The zero-order valence-corrected chi connectivity index (χ0v) is 8.13. The largest absolute Gasteiger partial charge is 0.480 e. The van der Waals surface area contributed by atoms with Crippen LogP contribution in [0, 0.1) is 23.0 Å². The quantitative estimate of drug-likeness (QED) is 0.803. The highest BCUT2D eigenvalue weighted by Crippen LogP contribution is 2.14. The highest BCUT2D eigenvalue weighted by molar-refractivity contribution is 5.69. The van der Waals surface area contributed by atoms with Crippen molar-refractivity contribution in [2.45, 2.75) is 6.54 Å². The summed E-state index contributed by atoms with van der Waals surface area (Å²) in [6.45, 7) is -0.630. The second-order valence-electron chi connectivity index (χ2n) is 3.03. The molecule has 1 aromatic rings. The molecular weight excluding hydrogens is 218 g/mol. The fraction of sp³-hybridized carbons (Fsp3) is 0.200. The summed E-state index contributed by atoms with van der Waals surface area (Å²) in [6.07, 6.45) is 0. The third-order valence-corrected chi connectivity index (χ3v) is 1.85. The minimum absolute atomic E-state index is 0.114.